The van der Waals surface area contributed by atoms with Gasteiger partial charge in [0.2, 0.25) is 0 Å². The monoisotopic (exact) mass is 269 g/mol. The topological polar surface area (TPSA) is 43.8 Å². The lowest BCUT2D eigenvalue weighted by molar-refractivity contribution is 0.498. The number of thiophene rings is 1. The van der Waals surface area contributed by atoms with Gasteiger partial charge in [0.25, 0.3) is 0 Å². The van der Waals surface area contributed by atoms with Crippen molar-refractivity contribution in [3.63, 3.8) is 0 Å². The van der Waals surface area contributed by atoms with Crippen LogP contribution < -0.4 is 5.73 Å². The molecule has 17 heavy (non-hydrogen) atoms. The number of hydrogen-bond donors (Lipinski definition) is 1. The molecule has 0 atom stereocenters. The van der Waals surface area contributed by atoms with Gasteiger partial charge in [-0.2, -0.15) is 0 Å². The first-order valence-electron chi connectivity index (χ1n) is 5.46. The molecule has 2 rings (SSSR count). The molecule has 0 aliphatic carbocycles. The highest BCUT2D eigenvalue weighted by Gasteiger charge is 2.15. The summed E-state index contributed by atoms with van der Waals surface area (Å²) in [5.74, 6) is 0. The van der Waals surface area contributed by atoms with E-state index in [4.69, 9.17) is 17.3 Å². The van der Waals surface area contributed by atoms with Crippen LogP contribution in [0.4, 0.5) is 0 Å². The lowest BCUT2D eigenvalue weighted by Gasteiger charge is -2.19. The van der Waals surface area contributed by atoms with Gasteiger partial charge >= 0.3 is 0 Å². The van der Waals surface area contributed by atoms with Crippen molar-refractivity contribution in [2.24, 2.45) is 5.73 Å². The van der Waals surface area contributed by atoms with Gasteiger partial charge < -0.3 is 10.3 Å². The summed E-state index contributed by atoms with van der Waals surface area (Å²) in [5, 5.41) is 0. The Hall–Kier alpha value is -0.840. The van der Waals surface area contributed by atoms with E-state index >= 15 is 0 Å². The Bertz CT molecular complexity index is 496. The average molecular weight is 270 g/mol. The van der Waals surface area contributed by atoms with Crippen LogP contribution in [-0.4, -0.2) is 15.1 Å². The predicted molar refractivity (Wildman–Crippen MR) is 72.6 cm³/mol. The summed E-state index contributed by atoms with van der Waals surface area (Å²) < 4.78 is 2.94. The summed E-state index contributed by atoms with van der Waals surface area (Å²) in [6.45, 7) is 4.85. The van der Waals surface area contributed by atoms with Crippen molar-refractivity contribution in [1.29, 1.82) is 0 Å². The first-order valence-corrected chi connectivity index (χ1v) is 6.65. The first-order chi connectivity index (χ1) is 7.94. The normalized spacial score (nSPS) is 12.0. The Morgan fingerprint density at radius 3 is 2.82 bits per heavy atom. The fourth-order valence-corrected chi connectivity index (χ4v) is 2.80. The van der Waals surface area contributed by atoms with Gasteiger partial charge in [0, 0.05) is 28.7 Å². The van der Waals surface area contributed by atoms with E-state index in [0.717, 1.165) is 23.0 Å². The number of imidazole rings is 1. The van der Waals surface area contributed by atoms with Gasteiger partial charge in [-0.05, 0) is 26.0 Å². The van der Waals surface area contributed by atoms with Crippen molar-refractivity contribution in [2.45, 2.75) is 32.4 Å². The van der Waals surface area contributed by atoms with Gasteiger partial charge in [0.05, 0.1) is 17.2 Å². The molecule has 0 aromatic carbocycles. The lowest BCUT2D eigenvalue weighted by Crippen LogP contribution is -2.35. The quantitative estimate of drug-likeness (QED) is 0.927. The summed E-state index contributed by atoms with van der Waals surface area (Å²) in [6, 6.07) is 3.97. The van der Waals surface area contributed by atoms with Gasteiger partial charge in [-0.15, -0.1) is 11.3 Å². The molecule has 0 spiro atoms. The standard InChI is InChI=1S/C12H16ClN3S/c1-12(2,14)5-9-6-15-8-16(9)7-10-3-4-11(13)17-10/h3-4,6,8H,5,7,14H2,1-2H3. The molecular weight excluding hydrogens is 254 g/mol. The number of nitrogens with zero attached hydrogens (tertiary/aromatic N) is 2. The minimum atomic E-state index is -0.217. The van der Waals surface area contributed by atoms with Crippen LogP contribution in [0, 0.1) is 0 Å². The van der Waals surface area contributed by atoms with Crippen LogP contribution in [0.5, 0.6) is 0 Å². The van der Waals surface area contributed by atoms with Crippen molar-refractivity contribution < 1.29 is 0 Å². The van der Waals surface area contributed by atoms with Crippen LogP contribution in [-0.2, 0) is 13.0 Å². The molecule has 3 nitrogen and oxygen atoms in total. The molecule has 2 N–H and O–H groups in total. The maximum atomic E-state index is 6.03. The Morgan fingerprint density at radius 1 is 1.47 bits per heavy atom. The Labute approximate surface area is 110 Å². The molecule has 2 heterocycles. The van der Waals surface area contributed by atoms with E-state index in [9.17, 15) is 0 Å². The number of rotatable bonds is 4. The summed E-state index contributed by atoms with van der Waals surface area (Å²) in [7, 11) is 0. The number of nitrogens with two attached hydrogens (primary N) is 1. The molecule has 5 heteroatoms. The zero-order valence-corrected chi connectivity index (χ0v) is 11.6. The van der Waals surface area contributed by atoms with Crippen molar-refractivity contribution in [2.75, 3.05) is 0 Å². The second-order valence-electron chi connectivity index (χ2n) is 4.88. The van der Waals surface area contributed by atoms with Gasteiger partial charge in [-0.3, -0.25) is 0 Å². The van der Waals surface area contributed by atoms with Crippen molar-refractivity contribution in [1.82, 2.24) is 9.55 Å². The summed E-state index contributed by atoms with van der Waals surface area (Å²) >= 11 is 7.52. The van der Waals surface area contributed by atoms with E-state index in [1.165, 1.54) is 4.88 Å². The van der Waals surface area contributed by atoms with Crippen LogP contribution in [0.1, 0.15) is 24.4 Å². The van der Waals surface area contributed by atoms with Gasteiger partial charge in [-0.25, -0.2) is 4.98 Å². The smallest absolute Gasteiger partial charge is 0.0951 e. The Balaban J connectivity index is 2.14. The molecule has 0 amide bonds. The van der Waals surface area contributed by atoms with E-state index in [2.05, 4.69) is 9.55 Å². The largest absolute Gasteiger partial charge is 0.329 e. The van der Waals surface area contributed by atoms with Crippen LogP contribution in [0.15, 0.2) is 24.7 Å². The summed E-state index contributed by atoms with van der Waals surface area (Å²) in [4.78, 5) is 5.41. The minimum absolute atomic E-state index is 0.217. The lowest BCUT2D eigenvalue weighted by atomic mass is 10.0. The molecule has 0 fully saturated rings. The second kappa shape index (κ2) is 4.80. The summed E-state index contributed by atoms with van der Waals surface area (Å²) in [6.07, 6.45) is 4.53. The number of hydrogen-bond acceptors (Lipinski definition) is 3. The average Bonchev–Trinajstić information content (AvgIpc) is 2.75. The second-order valence-corrected chi connectivity index (χ2v) is 6.68. The number of halogens is 1. The zero-order valence-electron chi connectivity index (χ0n) is 9.98. The van der Waals surface area contributed by atoms with E-state index in [0.29, 0.717) is 0 Å². The number of aromatic nitrogens is 2. The van der Waals surface area contributed by atoms with E-state index < -0.39 is 0 Å². The predicted octanol–water partition coefficient (Wildman–Crippen LogP) is 2.93. The van der Waals surface area contributed by atoms with Gasteiger partial charge in [-0.1, -0.05) is 11.6 Å². The SMILES string of the molecule is CC(C)(N)Cc1cncn1Cc1ccc(Cl)s1. The highest BCUT2D eigenvalue weighted by atomic mass is 35.5. The molecule has 2 aromatic heterocycles. The molecule has 0 saturated heterocycles. The highest BCUT2D eigenvalue weighted by molar-refractivity contribution is 7.16. The molecule has 0 aliphatic rings. The van der Waals surface area contributed by atoms with E-state index in [-0.39, 0.29) is 5.54 Å². The third-order valence-corrected chi connectivity index (χ3v) is 3.61. The fraction of sp³-hybridized carbons (Fsp3) is 0.417. The van der Waals surface area contributed by atoms with Crippen LogP contribution >= 0.6 is 22.9 Å². The molecule has 0 unspecified atom stereocenters. The van der Waals surface area contributed by atoms with Crippen LogP contribution in [0.3, 0.4) is 0 Å². The summed E-state index contributed by atoms with van der Waals surface area (Å²) in [5.41, 5.74) is 6.97. The van der Waals surface area contributed by atoms with Crippen molar-refractivity contribution >= 4 is 22.9 Å². The molecule has 0 saturated carbocycles. The maximum absolute atomic E-state index is 6.03. The zero-order chi connectivity index (χ0) is 12.5. The van der Waals surface area contributed by atoms with Crippen LogP contribution in [0.2, 0.25) is 4.34 Å². The molecule has 2 aromatic rings. The van der Waals surface area contributed by atoms with Gasteiger partial charge in [0.15, 0.2) is 0 Å². The molecule has 92 valence electrons. The maximum Gasteiger partial charge on any atom is 0.0951 e. The Kier molecular flexibility index (Phi) is 3.56. The van der Waals surface area contributed by atoms with Crippen molar-refractivity contribution in [3.05, 3.63) is 39.6 Å². The minimum Gasteiger partial charge on any atom is -0.329 e. The Morgan fingerprint density at radius 2 is 2.24 bits per heavy atom. The third-order valence-electron chi connectivity index (χ3n) is 2.39. The fourth-order valence-electron chi connectivity index (χ4n) is 1.71. The molecule has 0 bridgehead atoms. The van der Waals surface area contributed by atoms with Crippen LogP contribution in [0.25, 0.3) is 0 Å². The van der Waals surface area contributed by atoms with E-state index in [1.54, 1.807) is 11.3 Å². The molecule has 0 radical (unpaired) electrons. The van der Waals surface area contributed by atoms with Crippen molar-refractivity contribution in [3.8, 4) is 0 Å². The molecular formula is C12H16ClN3S. The third kappa shape index (κ3) is 3.56. The molecule has 0 aliphatic heterocycles. The highest BCUT2D eigenvalue weighted by Crippen LogP contribution is 2.23. The van der Waals surface area contributed by atoms with E-state index in [1.807, 2.05) is 38.5 Å². The first kappa shape index (κ1) is 12.6. The van der Waals surface area contributed by atoms with Gasteiger partial charge in [0.1, 0.15) is 0 Å².